The highest BCUT2D eigenvalue weighted by Crippen LogP contribution is 2.13. The summed E-state index contributed by atoms with van der Waals surface area (Å²) in [5, 5.41) is 12.8. The van der Waals surface area contributed by atoms with Crippen LogP contribution in [-0.2, 0) is 4.79 Å². The van der Waals surface area contributed by atoms with Crippen molar-refractivity contribution in [1.29, 1.82) is 0 Å². The summed E-state index contributed by atoms with van der Waals surface area (Å²) in [5.41, 5.74) is 4.99. The van der Waals surface area contributed by atoms with E-state index in [-0.39, 0.29) is 5.75 Å². The van der Waals surface area contributed by atoms with Crippen LogP contribution < -0.4 is 5.43 Å². The van der Waals surface area contributed by atoms with Crippen LogP contribution in [0.1, 0.15) is 0 Å². The molecule has 0 unspecified atom stereocenters. The molecule has 0 fully saturated rings. The number of hydrazone groups is 1. The maximum Gasteiger partial charge on any atom is 0.313 e. The fourth-order valence-corrected chi connectivity index (χ4v) is 1.24. The fraction of sp³-hybridized carbons (Fsp3) is 0.111. The molecule has 4 nitrogen and oxygen atoms in total. The van der Waals surface area contributed by atoms with E-state index in [0.717, 1.165) is 17.4 Å². The number of anilines is 1. The van der Waals surface area contributed by atoms with Crippen molar-refractivity contribution in [3.8, 4) is 0 Å². The zero-order valence-corrected chi connectivity index (χ0v) is 9.26. The molecule has 2 N–H and O–H groups in total. The average Bonchev–Trinajstić information content (AvgIpc) is 2.20. The third kappa shape index (κ3) is 5.29. The van der Waals surface area contributed by atoms with Gasteiger partial charge in [0.05, 0.1) is 17.0 Å². The molecule has 0 aliphatic carbocycles. The van der Waals surface area contributed by atoms with E-state index in [9.17, 15) is 4.79 Å². The number of hydrogen-bond donors (Lipinski definition) is 2. The summed E-state index contributed by atoms with van der Waals surface area (Å²) in [6.07, 6.45) is 0. The highest BCUT2D eigenvalue weighted by Gasteiger charge is 1.93. The van der Waals surface area contributed by atoms with Gasteiger partial charge in [-0.3, -0.25) is 10.2 Å². The number of hydrogen-bond acceptors (Lipinski definition) is 4. The first-order chi connectivity index (χ1) is 7.18. The lowest BCUT2D eigenvalue weighted by Gasteiger charge is -1.98. The minimum Gasteiger partial charge on any atom is -0.481 e. The summed E-state index contributed by atoms with van der Waals surface area (Å²) < 4.78 is 0. The summed E-state index contributed by atoms with van der Waals surface area (Å²) in [5.74, 6) is -0.857. The van der Waals surface area contributed by atoms with Crippen molar-refractivity contribution in [3.63, 3.8) is 0 Å². The van der Waals surface area contributed by atoms with E-state index in [1.165, 1.54) is 5.55 Å². The average molecular weight is 245 g/mol. The van der Waals surface area contributed by atoms with Crippen LogP contribution in [0.2, 0.25) is 5.02 Å². The van der Waals surface area contributed by atoms with E-state index in [1.54, 1.807) is 24.3 Å². The Bertz CT molecular complexity index is 354. The maximum atomic E-state index is 10.2. The molecular formula is C9H9ClN2O2S. The van der Waals surface area contributed by atoms with E-state index in [2.05, 4.69) is 10.5 Å². The number of thioether (sulfide) groups is 1. The summed E-state index contributed by atoms with van der Waals surface area (Å²) >= 11 is 6.80. The number of carboxylic acids is 1. The molecular weight excluding hydrogens is 236 g/mol. The molecule has 0 saturated carbocycles. The van der Waals surface area contributed by atoms with Gasteiger partial charge in [0, 0.05) is 5.02 Å². The Morgan fingerprint density at radius 1 is 1.53 bits per heavy atom. The molecule has 0 heterocycles. The summed E-state index contributed by atoms with van der Waals surface area (Å²) in [4.78, 5) is 10.2. The molecule has 1 rings (SSSR count). The summed E-state index contributed by atoms with van der Waals surface area (Å²) in [6, 6.07) is 7.04. The first kappa shape index (κ1) is 11.9. The minimum absolute atomic E-state index is 0.00575. The molecule has 0 spiro atoms. The van der Waals surface area contributed by atoms with Crippen molar-refractivity contribution in [2.45, 2.75) is 0 Å². The molecule has 0 aliphatic rings. The molecule has 1 aromatic carbocycles. The number of rotatable bonds is 5. The van der Waals surface area contributed by atoms with Crippen molar-refractivity contribution in [3.05, 3.63) is 29.3 Å². The fourth-order valence-electron chi connectivity index (χ4n) is 0.771. The number of carboxylic acid groups (broad SMARTS) is 1. The van der Waals surface area contributed by atoms with E-state index < -0.39 is 5.97 Å². The highest BCUT2D eigenvalue weighted by molar-refractivity contribution is 8.12. The first-order valence-corrected chi connectivity index (χ1v) is 5.47. The Morgan fingerprint density at radius 3 is 2.80 bits per heavy atom. The van der Waals surface area contributed by atoms with Gasteiger partial charge in [-0.05, 0) is 24.3 Å². The summed E-state index contributed by atoms with van der Waals surface area (Å²) in [7, 11) is 0. The highest BCUT2D eigenvalue weighted by atomic mass is 35.5. The van der Waals surface area contributed by atoms with Gasteiger partial charge in [-0.1, -0.05) is 11.6 Å². The summed E-state index contributed by atoms with van der Waals surface area (Å²) in [6.45, 7) is 0. The SMILES string of the molecule is O=C(O)CS/C=N/Nc1ccc(Cl)cc1. The Balaban J connectivity index is 2.30. The maximum absolute atomic E-state index is 10.2. The van der Waals surface area contributed by atoms with Crippen molar-refractivity contribution in [2.24, 2.45) is 5.10 Å². The van der Waals surface area contributed by atoms with E-state index in [1.807, 2.05) is 0 Å². The third-order valence-corrected chi connectivity index (χ3v) is 2.29. The van der Waals surface area contributed by atoms with Crippen molar-refractivity contribution >= 4 is 40.6 Å². The van der Waals surface area contributed by atoms with Crippen LogP contribution in [0.25, 0.3) is 0 Å². The van der Waals surface area contributed by atoms with Gasteiger partial charge in [0.2, 0.25) is 0 Å². The second kappa shape index (κ2) is 6.31. The van der Waals surface area contributed by atoms with Gasteiger partial charge >= 0.3 is 5.97 Å². The number of benzene rings is 1. The molecule has 0 radical (unpaired) electrons. The standard InChI is InChI=1S/C9H9ClN2O2S/c10-7-1-3-8(4-2-7)12-11-6-15-5-9(13)14/h1-4,6,12H,5H2,(H,13,14)/b11-6+. The Labute approximate surface area is 96.3 Å². The van der Waals surface area contributed by atoms with Gasteiger partial charge in [0.1, 0.15) is 0 Å². The quantitative estimate of drug-likeness (QED) is 0.475. The lowest BCUT2D eigenvalue weighted by Crippen LogP contribution is -1.97. The molecule has 80 valence electrons. The predicted molar refractivity (Wildman–Crippen MR) is 63.7 cm³/mol. The van der Waals surface area contributed by atoms with Crippen LogP contribution in [0.3, 0.4) is 0 Å². The van der Waals surface area contributed by atoms with Crippen molar-refractivity contribution in [1.82, 2.24) is 0 Å². The molecule has 15 heavy (non-hydrogen) atoms. The Hall–Kier alpha value is -1.20. The predicted octanol–water partition coefficient (Wildman–Crippen LogP) is 2.51. The second-order valence-electron chi connectivity index (χ2n) is 2.56. The van der Waals surface area contributed by atoms with E-state index >= 15 is 0 Å². The van der Waals surface area contributed by atoms with Gasteiger partial charge in [-0.2, -0.15) is 5.10 Å². The minimum atomic E-state index is -0.863. The zero-order chi connectivity index (χ0) is 11.1. The molecule has 0 saturated heterocycles. The van der Waals surface area contributed by atoms with Gasteiger partial charge in [-0.15, -0.1) is 11.8 Å². The molecule has 0 aromatic heterocycles. The van der Waals surface area contributed by atoms with Gasteiger partial charge in [0.15, 0.2) is 0 Å². The number of halogens is 1. The smallest absolute Gasteiger partial charge is 0.313 e. The van der Waals surface area contributed by atoms with Crippen LogP contribution in [0.15, 0.2) is 29.4 Å². The largest absolute Gasteiger partial charge is 0.481 e. The topological polar surface area (TPSA) is 61.7 Å². The monoisotopic (exact) mass is 244 g/mol. The Kier molecular flexibility index (Phi) is 5.00. The van der Waals surface area contributed by atoms with Gasteiger partial charge in [0.25, 0.3) is 0 Å². The number of aliphatic carboxylic acids is 1. The lowest BCUT2D eigenvalue weighted by atomic mass is 10.3. The normalized spacial score (nSPS) is 10.5. The van der Waals surface area contributed by atoms with Crippen molar-refractivity contribution < 1.29 is 9.90 Å². The lowest BCUT2D eigenvalue weighted by molar-refractivity contribution is -0.133. The first-order valence-electron chi connectivity index (χ1n) is 4.05. The van der Waals surface area contributed by atoms with Crippen LogP contribution in [0.4, 0.5) is 5.69 Å². The molecule has 6 heteroatoms. The molecule has 1 aromatic rings. The number of nitrogens with zero attached hydrogens (tertiary/aromatic N) is 1. The Morgan fingerprint density at radius 2 is 2.20 bits per heavy atom. The van der Waals surface area contributed by atoms with Gasteiger partial charge < -0.3 is 5.11 Å². The van der Waals surface area contributed by atoms with Crippen molar-refractivity contribution in [2.75, 3.05) is 11.2 Å². The number of carbonyl (C=O) groups is 1. The molecule has 0 aliphatic heterocycles. The van der Waals surface area contributed by atoms with E-state index in [0.29, 0.717) is 5.02 Å². The van der Waals surface area contributed by atoms with Crippen LogP contribution in [0, 0.1) is 0 Å². The van der Waals surface area contributed by atoms with Crippen LogP contribution in [-0.4, -0.2) is 22.4 Å². The molecule has 0 bridgehead atoms. The van der Waals surface area contributed by atoms with Gasteiger partial charge in [-0.25, -0.2) is 0 Å². The molecule has 0 atom stereocenters. The molecule has 0 amide bonds. The second-order valence-corrected chi connectivity index (χ2v) is 3.83. The van der Waals surface area contributed by atoms with E-state index in [4.69, 9.17) is 16.7 Å². The third-order valence-electron chi connectivity index (χ3n) is 1.37. The number of nitrogens with one attached hydrogen (secondary N) is 1. The zero-order valence-electron chi connectivity index (χ0n) is 7.68. The van der Waals surface area contributed by atoms with Crippen LogP contribution >= 0.6 is 23.4 Å². The van der Waals surface area contributed by atoms with Crippen LogP contribution in [0.5, 0.6) is 0 Å².